The zero-order valence-electron chi connectivity index (χ0n) is 16.3. The van der Waals surface area contributed by atoms with Crippen molar-refractivity contribution < 1.29 is 14.6 Å². The highest BCUT2D eigenvalue weighted by Gasteiger charge is 2.44. The van der Waals surface area contributed by atoms with Gasteiger partial charge in [-0.25, -0.2) is 9.78 Å². The van der Waals surface area contributed by atoms with Gasteiger partial charge in [-0.1, -0.05) is 60.7 Å². The van der Waals surface area contributed by atoms with Crippen molar-refractivity contribution in [3.8, 4) is 5.88 Å². The summed E-state index contributed by atoms with van der Waals surface area (Å²) >= 11 is 0. The Bertz CT molecular complexity index is 1100. The number of hydrogen-bond donors (Lipinski definition) is 2. The molecule has 2 aromatic carbocycles. The van der Waals surface area contributed by atoms with E-state index in [1.807, 2.05) is 86.6 Å². The lowest BCUT2D eigenvalue weighted by molar-refractivity contribution is -0.147. The van der Waals surface area contributed by atoms with Gasteiger partial charge in [-0.15, -0.1) is 0 Å². The number of aromatic amines is 1. The molecule has 2 aromatic heterocycles. The van der Waals surface area contributed by atoms with Crippen LogP contribution in [-0.4, -0.2) is 27.1 Å². The number of hydrogen-bond acceptors (Lipinski definition) is 3. The summed E-state index contributed by atoms with van der Waals surface area (Å²) in [5.74, 6) is -0.765. The summed E-state index contributed by atoms with van der Waals surface area (Å²) < 4.78 is 6.16. The van der Waals surface area contributed by atoms with E-state index < -0.39 is 17.5 Å². The van der Waals surface area contributed by atoms with Crippen molar-refractivity contribution in [2.75, 3.05) is 0 Å². The van der Waals surface area contributed by atoms with Crippen molar-refractivity contribution in [1.29, 1.82) is 0 Å². The van der Waals surface area contributed by atoms with Crippen LogP contribution in [0.25, 0.3) is 10.9 Å². The molecule has 0 aliphatic heterocycles. The van der Waals surface area contributed by atoms with E-state index >= 15 is 0 Å². The number of carboxylic acids is 1. The van der Waals surface area contributed by atoms with Crippen LogP contribution in [0.5, 0.6) is 5.88 Å². The number of aromatic nitrogens is 2. The average molecular weight is 386 g/mol. The summed E-state index contributed by atoms with van der Waals surface area (Å²) in [4.78, 5) is 20.1. The molecule has 0 bridgehead atoms. The molecule has 0 unspecified atom stereocenters. The first-order valence-corrected chi connectivity index (χ1v) is 9.45. The topological polar surface area (TPSA) is 75.2 Å². The van der Waals surface area contributed by atoms with Crippen LogP contribution in [0.15, 0.2) is 79.0 Å². The molecule has 29 heavy (non-hydrogen) atoms. The maximum atomic E-state index is 12.5. The van der Waals surface area contributed by atoms with E-state index in [1.165, 1.54) is 0 Å². The second-order valence-electron chi connectivity index (χ2n) is 7.28. The highest BCUT2D eigenvalue weighted by Crippen LogP contribution is 2.38. The van der Waals surface area contributed by atoms with Crippen molar-refractivity contribution in [2.45, 2.75) is 25.4 Å². The molecule has 0 fully saturated rings. The number of H-pyrrole nitrogens is 1. The van der Waals surface area contributed by atoms with Gasteiger partial charge < -0.3 is 14.8 Å². The van der Waals surface area contributed by atoms with Gasteiger partial charge in [0.15, 0.2) is 0 Å². The van der Waals surface area contributed by atoms with Gasteiger partial charge in [0.25, 0.3) is 0 Å². The van der Waals surface area contributed by atoms with E-state index in [4.69, 9.17) is 4.74 Å². The second kappa shape index (κ2) is 7.43. The number of aryl methyl sites for hydroxylation is 1. The van der Waals surface area contributed by atoms with Crippen molar-refractivity contribution in [3.05, 3.63) is 95.8 Å². The fraction of sp³-hybridized carbons (Fsp3) is 0.167. The van der Waals surface area contributed by atoms with Gasteiger partial charge >= 0.3 is 5.97 Å². The van der Waals surface area contributed by atoms with Crippen LogP contribution in [0.2, 0.25) is 0 Å². The molecule has 1 atom stereocenters. The third-order valence-electron chi connectivity index (χ3n) is 5.36. The zero-order valence-corrected chi connectivity index (χ0v) is 16.3. The van der Waals surface area contributed by atoms with Crippen LogP contribution in [-0.2, 0) is 10.2 Å². The Morgan fingerprint density at radius 2 is 1.62 bits per heavy atom. The Morgan fingerprint density at radius 3 is 2.17 bits per heavy atom. The second-order valence-corrected chi connectivity index (χ2v) is 7.28. The van der Waals surface area contributed by atoms with Crippen molar-refractivity contribution >= 4 is 16.9 Å². The lowest BCUT2D eigenvalue weighted by atomic mass is 9.72. The molecule has 2 N–H and O–H groups in total. The third kappa shape index (κ3) is 3.36. The van der Waals surface area contributed by atoms with E-state index in [1.54, 1.807) is 6.20 Å². The molecule has 5 nitrogen and oxygen atoms in total. The van der Waals surface area contributed by atoms with Gasteiger partial charge in [0.1, 0.15) is 5.52 Å². The molecule has 0 radical (unpaired) electrons. The first kappa shape index (κ1) is 18.7. The molecule has 4 aromatic rings. The molecule has 2 heterocycles. The predicted molar refractivity (Wildman–Crippen MR) is 112 cm³/mol. The van der Waals surface area contributed by atoms with Crippen LogP contribution in [0, 0.1) is 6.92 Å². The van der Waals surface area contributed by atoms with Crippen molar-refractivity contribution in [1.82, 2.24) is 9.97 Å². The number of benzene rings is 2. The Labute approximate surface area is 169 Å². The number of carbonyl (C=O) groups is 1. The highest BCUT2D eigenvalue weighted by molar-refractivity contribution is 5.85. The zero-order chi connectivity index (χ0) is 20.4. The molecule has 0 amide bonds. The first-order chi connectivity index (χ1) is 14.0. The van der Waals surface area contributed by atoms with Gasteiger partial charge in [0.05, 0.1) is 5.41 Å². The normalized spacial score (nSPS) is 12.6. The number of fused-ring (bicyclic) bond motifs is 1. The van der Waals surface area contributed by atoms with Gasteiger partial charge in [0, 0.05) is 17.3 Å². The van der Waals surface area contributed by atoms with Crippen LogP contribution >= 0.6 is 0 Å². The minimum Gasteiger partial charge on any atom is -0.478 e. The van der Waals surface area contributed by atoms with E-state index in [9.17, 15) is 9.90 Å². The van der Waals surface area contributed by atoms with Gasteiger partial charge in [-0.2, -0.15) is 0 Å². The molecule has 0 aliphatic carbocycles. The first-order valence-electron chi connectivity index (χ1n) is 9.45. The van der Waals surface area contributed by atoms with E-state index in [2.05, 4.69) is 9.97 Å². The summed E-state index contributed by atoms with van der Waals surface area (Å²) in [7, 11) is 0. The van der Waals surface area contributed by atoms with Gasteiger partial charge in [-0.05, 0) is 37.1 Å². The van der Waals surface area contributed by atoms with Crippen LogP contribution in [0.1, 0.15) is 23.7 Å². The molecule has 0 saturated heterocycles. The number of nitrogens with zero attached hydrogens (tertiary/aromatic N) is 1. The van der Waals surface area contributed by atoms with Gasteiger partial charge in [-0.3, -0.25) is 0 Å². The summed E-state index contributed by atoms with van der Waals surface area (Å²) in [6.45, 7) is 3.76. The van der Waals surface area contributed by atoms with Crippen molar-refractivity contribution in [3.63, 3.8) is 0 Å². The number of carboxylic acid groups (broad SMARTS) is 1. The molecule has 4 rings (SSSR count). The molecule has 0 aliphatic rings. The average Bonchev–Trinajstić information content (AvgIpc) is 3.21. The molecular formula is C24H22N2O3. The maximum Gasteiger partial charge on any atom is 0.346 e. The van der Waals surface area contributed by atoms with Crippen LogP contribution < -0.4 is 4.74 Å². The number of nitrogens with one attached hydrogen (secondary N) is 1. The Hall–Kier alpha value is -3.60. The lowest BCUT2D eigenvalue weighted by Crippen LogP contribution is -2.47. The number of ether oxygens (including phenoxy) is 1. The summed E-state index contributed by atoms with van der Waals surface area (Å²) in [5.41, 5.74) is 2.23. The fourth-order valence-electron chi connectivity index (χ4n) is 3.81. The van der Waals surface area contributed by atoms with E-state index in [0.717, 1.165) is 22.2 Å². The summed E-state index contributed by atoms with van der Waals surface area (Å²) in [6, 6.07) is 23.0. The fourth-order valence-corrected chi connectivity index (χ4v) is 3.81. The maximum absolute atomic E-state index is 12.5. The minimum atomic E-state index is -1.19. The number of pyridine rings is 1. The number of aliphatic carboxylic acids is 1. The molecule has 0 spiro atoms. The van der Waals surface area contributed by atoms with E-state index in [0.29, 0.717) is 5.52 Å². The quantitative estimate of drug-likeness (QED) is 0.503. The largest absolute Gasteiger partial charge is 0.478 e. The van der Waals surface area contributed by atoms with Crippen LogP contribution in [0.4, 0.5) is 0 Å². The highest BCUT2D eigenvalue weighted by atomic mass is 16.5. The SMILES string of the molecule is Cc1cc2cc[nH]c2c(O[C@@H](C(=O)O)C(C)(c2ccccc2)c2ccccc2)n1. The smallest absolute Gasteiger partial charge is 0.346 e. The minimum absolute atomic E-state index is 0.287. The monoisotopic (exact) mass is 386 g/mol. The number of rotatable bonds is 6. The molecule has 5 heteroatoms. The Balaban J connectivity index is 1.89. The lowest BCUT2D eigenvalue weighted by Gasteiger charge is -2.36. The van der Waals surface area contributed by atoms with Crippen molar-refractivity contribution in [2.24, 2.45) is 0 Å². The van der Waals surface area contributed by atoms with E-state index in [-0.39, 0.29) is 5.88 Å². The molecule has 146 valence electrons. The summed E-state index contributed by atoms with van der Waals surface area (Å²) in [5, 5.41) is 11.2. The standard InChI is InChI=1S/C24H22N2O3/c1-16-15-17-13-14-25-20(17)22(26-16)29-21(23(27)28)24(2,18-9-5-3-6-10-18)19-11-7-4-8-12-19/h3-15,21,25H,1-2H3,(H,27,28)/t21-/m0/s1. The molecule has 0 saturated carbocycles. The Kier molecular flexibility index (Phi) is 4.80. The van der Waals surface area contributed by atoms with Gasteiger partial charge in [0.2, 0.25) is 12.0 Å². The van der Waals surface area contributed by atoms with Crippen LogP contribution in [0.3, 0.4) is 0 Å². The Morgan fingerprint density at radius 1 is 1.03 bits per heavy atom. The third-order valence-corrected chi connectivity index (χ3v) is 5.36. The molecular weight excluding hydrogens is 364 g/mol. The summed E-state index contributed by atoms with van der Waals surface area (Å²) in [6.07, 6.45) is 0.607. The predicted octanol–water partition coefficient (Wildman–Crippen LogP) is 4.71.